The molecule has 1 unspecified atom stereocenters. The Morgan fingerprint density at radius 2 is 2.28 bits per heavy atom. The SMILES string of the molecule is CCCCNC(=O)C(C)Oc1ccc(Br)c(F)c1. The van der Waals surface area contributed by atoms with E-state index >= 15 is 0 Å². The number of rotatable bonds is 6. The molecule has 0 saturated carbocycles. The molecule has 1 aromatic rings. The molecule has 0 fully saturated rings. The van der Waals surface area contributed by atoms with Crippen molar-refractivity contribution in [2.24, 2.45) is 0 Å². The second kappa shape index (κ2) is 7.36. The summed E-state index contributed by atoms with van der Waals surface area (Å²) in [6, 6.07) is 4.41. The fourth-order valence-electron chi connectivity index (χ4n) is 1.34. The van der Waals surface area contributed by atoms with E-state index in [1.54, 1.807) is 19.1 Å². The molecule has 1 amide bonds. The van der Waals surface area contributed by atoms with Crippen LogP contribution in [-0.4, -0.2) is 18.6 Å². The number of halogens is 2. The average molecular weight is 318 g/mol. The first kappa shape index (κ1) is 15.0. The van der Waals surface area contributed by atoms with Gasteiger partial charge in [-0.25, -0.2) is 4.39 Å². The molecule has 0 saturated heterocycles. The van der Waals surface area contributed by atoms with Crippen molar-refractivity contribution in [3.05, 3.63) is 28.5 Å². The van der Waals surface area contributed by atoms with Gasteiger partial charge in [-0.1, -0.05) is 13.3 Å². The van der Waals surface area contributed by atoms with E-state index in [4.69, 9.17) is 4.74 Å². The number of ether oxygens (including phenoxy) is 1. The summed E-state index contributed by atoms with van der Waals surface area (Å²) in [5, 5.41) is 2.76. The summed E-state index contributed by atoms with van der Waals surface area (Å²) < 4.78 is 19.0. The van der Waals surface area contributed by atoms with Gasteiger partial charge < -0.3 is 10.1 Å². The first-order valence-corrected chi connectivity index (χ1v) is 6.73. The molecule has 0 aliphatic carbocycles. The van der Waals surface area contributed by atoms with Gasteiger partial charge in [0.25, 0.3) is 5.91 Å². The number of benzene rings is 1. The first-order valence-electron chi connectivity index (χ1n) is 5.94. The highest BCUT2D eigenvalue weighted by Crippen LogP contribution is 2.21. The van der Waals surface area contributed by atoms with Crippen LogP contribution in [0, 0.1) is 5.82 Å². The van der Waals surface area contributed by atoms with Crippen molar-refractivity contribution >= 4 is 21.8 Å². The van der Waals surface area contributed by atoms with E-state index in [9.17, 15) is 9.18 Å². The van der Waals surface area contributed by atoms with Crippen molar-refractivity contribution in [1.82, 2.24) is 5.32 Å². The summed E-state index contributed by atoms with van der Waals surface area (Å²) in [5.74, 6) is -0.258. The third-order valence-corrected chi connectivity index (χ3v) is 3.05. The summed E-state index contributed by atoms with van der Waals surface area (Å²) in [6.07, 6.45) is 1.32. The number of hydrogen-bond donors (Lipinski definition) is 1. The number of carbonyl (C=O) groups excluding carboxylic acids is 1. The van der Waals surface area contributed by atoms with Crippen molar-refractivity contribution in [1.29, 1.82) is 0 Å². The fourth-order valence-corrected chi connectivity index (χ4v) is 1.59. The Morgan fingerprint density at radius 3 is 2.89 bits per heavy atom. The highest BCUT2D eigenvalue weighted by molar-refractivity contribution is 9.10. The fraction of sp³-hybridized carbons (Fsp3) is 0.462. The van der Waals surface area contributed by atoms with Crippen LogP contribution in [0.3, 0.4) is 0 Å². The van der Waals surface area contributed by atoms with Crippen molar-refractivity contribution in [2.45, 2.75) is 32.8 Å². The Morgan fingerprint density at radius 1 is 1.56 bits per heavy atom. The lowest BCUT2D eigenvalue weighted by Gasteiger charge is -2.14. The normalized spacial score (nSPS) is 12.0. The van der Waals surface area contributed by atoms with Crippen LogP contribution in [0.1, 0.15) is 26.7 Å². The van der Waals surface area contributed by atoms with Gasteiger partial charge in [0.15, 0.2) is 6.10 Å². The molecule has 18 heavy (non-hydrogen) atoms. The smallest absolute Gasteiger partial charge is 0.260 e. The van der Waals surface area contributed by atoms with Gasteiger partial charge in [-0.05, 0) is 41.4 Å². The Kier molecular flexibility index (Phi) is 6.12. The molecule has 1 aromatic carbocycles. The van der Waals surface area contributed by atoms with Crippen LogP contribution in [0.4, 0.5) is 4.39 Å². The third kappa shape index (κ3) is 4.64. The van der Waals surface area contributed by atoms with Gasteiger partial charge in [-0.3, -0.25) is 4.79 Å². The molecule has 0 aliphatic rings. The third-order valence-electron chi connectivity index (χ3n) is 2.40. The van der Waals surface area contributed by atoms with E-state index in [0.717, 1.165) is 12.8 Å². The van der Waals surface area contributed by atoms with Crippen molar-refractivity contribution in [2.75, 3.05) is 6.54 Å². The Balaban J connectivity index is 2.50. The van der Waals surface area contributed by atoms with Gasteiger partial charge in [0.2, 0.25) is 0 Å². The van der Waals surface area contributed by atoms with Crippen LogP contribution in [0.5, 0.6) is 5.75 Å². The lowest BCUT2D eigenvalue weighted by atomic mass is 10.3. The molecule has 0 aliphatic heterocycles. The maximum absolute atomic E-state index is 13.3. The predicted molar refractivity (Wildman–Crippen MR) is 72.1 cm³/mol. The van der Waals surface area contributed by atoms with Gasteiger partial charge in [-0.15, -0.1) is 0 Å². The topological polar surface area (TPSA) is 38.3 Å². The molecule has 100 valence electrons. The van der Waals surface area contributed by atoms with Gasteiger partial charge in [0.1, 0.15) is 11.6 Å². The van der Waals surface area contributed by atoms with Gasteiger partial charge in [0, 0.05) is 12.6 Å². The lowest BCUT2D eigenvalue weighted by Crippen LogP contribution is -2.36. The van der Waals surface area contributed by atoms with Gasteiger partial charge in [0.05, 0.1) is 4.47 Å². The summed E-state index contributed by atoms with van der Waals surface area (Å²) >= 11 is 3.06. The molecule has 0 heterocycles. The maximum atomic E-state index is 13.3. The summed E-state index contributed by atoms with van der Waals surface area (Å²) in [6.45, 7) is 4.33. The van der Waals surface area contributed by atoms with Crippen LogP contribution in [0.15, 0.2) is 22.7 Å². The molecular formula is C13H17BrFNO2. The minimum atomic E-state index is -0.637. The summed E-state index contributed by atoms with van der Waals surface area (Å²) in [7, 11) is 0. The monoisotopic (exact) mass is 317 g/mol. The average Bonchev–Trinajstić information content (AvgIpc) is 2.34. The predicted octanol–water partition coefficient (Wildman–Crippen LogP) is 3.27. The van der Waals surface area contributed by atoms with Crippen LogP contribution >= 0.6 is 15.9 Å². The Hall–Kier alpha value is -1.10. The number of amides is 1. The van der Waals surface area contributed by atoms with Gasteiger partial charge >= 0.3 is 0 Å². The van der Waals surface area contributed by atoms with E-state index in [-0.39, 0.29) is 5.91 Å². The summed E-state index contributed by atoms with van der Waals surface area (Å²) in [4.78, 5) is 11.6. The minimum absolute atomic E-state index is 0.188. The van der Waals surface area contributed by atoms with Crippen LogP contribution < -0.4 is 10.1 Å². The molecule has 5 heteroatoms. The number of unbranched alkanes of at least 4 members (excludes halogenated alkanes) is 1. The second-order valence-corrected chi connectivity index (χ2v) is 4.83. The van der Waals surface area contributed by atoms with Crippen molar-refractivity contribution in [3.8, 4) is 5.75 Å². The largest absolute Gasteiger partial charge is 0.481 e. The van der Waals surface area contributed by atoms with E-state index in [0.29, 0.717) is 16.8 Å². The molecule has 0 aromatic heterocycles. The zero-order valence-corrected chi connectivity index (χ0v) is 12.1. The van der Waals surface area contributed by atoms with Crippen molar-refractivity contribution < 1.29 is 13.9 Å². The van der Waals surface area contributed by atoms with E-state index in [2.05, 4.69) is 28.2 Å². The van der Waals surface area contributed by atoms with Gasteiger partial charge in [-0.2, -0.15) is 0 Å². The second-order valence-electron chi connectivity index (χ2n) is 3.98. The quantitative estimate of drug-likeness (QED) is 0.818. The summed E-state index contributed by atoms with van der Waals surface area (Å²) in [5.41, 5.74) is 0. The van der Waals surface area contributed by atoms with Crippen LogP contribution in [0.25, 0.3) is 0 Å². The molecule has 0 bridgehead atoms. The molecule has 1 atom stereocenters. The Bertz CT molecular complexity index is 412. The molecule has 0 radical (unpaired) electrons. The highest BCUT2D eigenvalue weighted by atomic mass is 79.9. The zero-order valence-electron chi connectivity index (χ0n) is 10.5. The standard InChI is InChI=1S/C13H17BrFNO2/c1-3-4-7-16-13(17)9(2)18-10-5-6-11(14)12(15)8-10/h5-6,8-9H,3-4,7H2,1-2H3,(H,16,17). The molecule has 1 rings (SSSR count). The number of carbonyl (C=O) groups is 1. The number of nitrogens with one attached hydrogen (secondary N) is 1. The van der Waals surface area contributed by atoms with E-state index in [1.807, 2.05) is 0 Å². The van der Waals surface area contributed by atoms with E-state index in [1.165, 1.54) is 6.07 Å². The molecule has 3 nitrogen and oxygen atoms in total. The van der Waals surface area contributed by atoms with Crippen molar-refractivity contribution in [3.63, 3.8) is 0 Å². The maximum Gasteiger partial charge on any atom is 0.260 e. The zero-order chi connectivity index (χ0) is 13.5. The lowest BCUT2D eigenvalue weighted by molar-refractivity contribution is -0.127. The molecule has 0 spiro atoms. The molecular weight excluding hydrogens is 301 g/mol. The Labute approximate surface area is 115 Å². The van der Waals surface area contributed by atoms with E-state index < -0.39 is 11.9 Å². The first-order chi connectivity index (χ1) is 8.54. The minimum Gasteiger partial charge on any atom is -0.481 e. The molecule has 1 N–H and O–H groups in total. The van der Waals surface area contributed by atoms with Crippen LogP contribution in [-0.2, 0) is 4.79 Å². The highest BCUT2D eigenvalue weighted by Gasteiger charge is 2.14. The number of hydrogen-bond acceptors (Lipinski definition) is 2. The van der Waals surface area contributed by atoms with Crippen LogP contribution in [0.2, 0.25) is 0 Å².